The summed E-state index contributed by atoms with van der Waals surface area (Å²) in [6, 6.07) is 17.3. The number of hydrogen-bond donors (Lipinski definition) is 1. The maximum absolute atomic E-state index is 13.0. The Morgan fingerprint density at radius 3 is 2.50 bits per heavy atom. The Morgan fingerprint density at radius 1 is 1.10 bits per heavy atom. The molecule has 1 aliphatic heterocycles. The SMILES string of the molecule is CCOc1ccc(/C(O)=C2/C(=O)C(=O)N(c3ccccc3)C2c2cccs2)cc1C. The third kappa shape index (κ3) is 3.39. The number of aryl methyl sites for hydroxylation is 1. The van der Waals surface area contributed by atoms with Crippen molar-refractivity contribution in [3.8, 4) is 5.75 Å². The first kappa shape index (κ1) is 19.9. The molecule has 152 valence electrons. The van der Waals surface area contributed by atoms with Crippen LogP contribution >= 0.6 is 11.3 Å². The van der Waals surface area contributed by atoms with Gasteiger partial charge in [-0.25, -0.2) is 0 Å². The molecule has 1 unspecified atom stereocenters. The molecule has 1 N–H and O–H groups in total. The number of anilines is 1. The van der Waals surface area contributed by atoms with Gasteiger partial charge in [0.05, 0.1) is 12.2 Å². The molecule has 3 aromatic rings. The van der Waals surface area contributed by atoms with E-state index in [9.17, 15) is 14.7 Å². The normalized spacial score (nSPS) is 18.1. The predicted octanol–water partition coefficient (Wildman–Crippen LogP) is 5.08. The van der Waals surface area contributed by atoms with Gasteiger partial charge in [0, 0.05) is 16.1 Å². The molecule has 1 aromatic heterocycles. The Kier molecular flexibility index (Phi) is 5.42. The van der Waals surface area contributed by atoms with E-state index >= 15 is 0 Å². The Labute approximate surface area is 178 Å². The minimum atomic E-state index is -0.693. The van der Waals surface area contributed by atoms with Crippen LogP contribution in [0.15, 0.2) is 71.6 Å². The van der Waals surface area contributed by atoms with Gasteiger partial charge in [0.25, 0.3) is 11.7 Å². The molecule has 1 amide bonds. The molecule has 0 spiro atoms. The average molecular weight is 420 g/mol. The number of aliphatic hydroxyl groups excluding tert-OH is 1. The van der Waals surface area contributed by atoms with Crippen LogP contribution in [-0.2, 0) is 9.59 Å². The summed E-state index contributed by atoms with van der Waals surface area (Å²) in [5, 5.41) is 13.0. The number of carbonyl (C=O) groups excluding carboxylic acids is 2. The first-order chi connectivity index (χ1) is 14.5. The van der Waals surface area contributed by atoms with E-state index in [1.165, 1.54) is 16.2 Å². The molecule has 0 saturated carbocycles. The molecule has 6 heteroatoms. The lowest BCUT2D eigenvalue weighted by Crippen LogP contribution is -2.29. The van der Waals surface area contributed by atoms with Crippen LogP contribution in [0.2, 0.25) is 0 Å². The number of hydrogen-bond acceptors (Lipinski definition) is 5. The van der Waals surface area contributed by atoms with E-state index in [0.717, 1.165) is 10.4 Å². The molecule has 1 saturated heterocycles. The van der Waals surface area contributed by atoms with Crippen LogP contribution in [-0.4, -0.2) is 23.4 Å². The highest BCUT2D eigenvalue weighted by atomic mass is 32.1. The van der Waals surface area contributed by atoms with Gasteiger partial charge in [-0.05, 0) is 61.2 Å². The van der Waals surface area contributed by atoms with Gasteiger partial charge in [-0.2, -0.15) is 0 Å². The van der Waals surface area contributed by atoms with Gasteiger partial charge in [0.15, 0.2) is 0 Å². The van der Waals surface area contributed by atoms with E-state index in [1.807, 2.05) is 49.6 Å². The number of amides is 1. The fourth-order valence-corrected chi connectivity index (χ4v) is 4.50. The summed E-state index contributed by atoms with van der Waals surface area (Å²) in [7, 11) is 0. The lowest BCUT2D eigenvalue weighted by atomic mass is 9.98. The maximum Gasteiger partial charge on any atom is 0.300 e. The summed E-state index contributed by atoms with van der Waals surface area (Å²) in [5.41, 5.74) is 2.02. The van der Waals surface area contributed by atoms with Crippen molar-refractivity contribution in [1.82, 2.24) is 0 Å². The van der Waals surface area contributed by atoms with Crippen LogP contribution in [0.4, 0.5) is 5.69 Å². The quantitative estimate of drug-likeness (QED) is 0.356. The van der Waals surface area contributed by atoms with Gasteiger partial charge in [-0.3, -0.25) is 14.5 Å². The Morgan fingerprint density at radius 2 is 1.87 bits per heavy atom. The Balaban J connectivity index is 1.87. The lowest BCUT2D eigenvalue weighted by Gasteiger charge is -2.24. The topological polar surface area (TPSA) is 66.8 Å². The second-order valence-corrected chi connectivity index (χ2v) is 7.91. The first-order valence-corrected chi connectivity index (χ1v) is 10.5. The summed E-state index contributed by atoms with van der Waals surface area (Å²) in [5.74, 6) is -0.810. The molecule has 2 aromatic carbocycles. The highest BCUT2D eigenvalue weighted by Crippen LogP contribution is 2.43. The van der Waals surface area contributed by atoms with E-state index < -0.39 is 17.7 Å². The number of carbonyl (C=O) groups is 2. The molecule has 1 fully saturated rings. The van der Waals surface area contributed by atoms with Gasteiger partial charge >= 0.3 is 0 Å². The minimum absolute atomic E-state index is 0.0925. The number of nitrogens with zero attached hydrogens (tertiary/aromatic N) is 1. The molecule has 2 heterocycles. The van der Waals surface area contributed by atoms with Crippen LogP contribution in [0, 0.1) is 6.92 Å². The van der Waals surface area contributed by atoms with Crippen molar-refractivity contribution in [1.29, 1.82) is 0 Å². The van der Waals surface area contributed by atoms with Crippen molar-refractivity contribution in [2.24, 2.45) is 0 Å². The molecule has 1 atom stereocenters. The van der Waals surface area contributed by atoms with Crippen LogP contribution < -0.4 is 9.64 Å². The molecular formula is C24H21NO4S. The summed E-state index contributed by atoms with van der Waals surface area (Å²) >= 11 is 1.44. The van der Waals surface area contributed by atoms with Crippen LogP contribution in [0.1, 0.15) is 29.0 Å². The summed E-state index contributed by atoms with van der Waals surface area (Å²) in [6.45, 7) is 4.31. The summed E-state index contributed by atoms with van der Waals surface area (Å²) < 4.78 is 5.56. The molecule has 5 nitrogen and oxygen atoms in total. The van der Waals surface area contributed by atoms with Crippen molar-refractivity contribution in [2.75, 3.05) is 11.5 Å². The predicted molar refractivity (Wildman–Crippen MR) is 118 cm³/mol. The first-order valence-electron chi connectivity index (χ1n) is 9.66. The van der Waals surface area contributed by atoms with Crippen LogP contribution in [0.3, 0.4) is 0 Å². The summed E-state index contributed by atoms with van der Waals surface area (Å²) in [6.07, 6.45) is 0. The summed E-state index contributed by atoms with van der Waals surface area (Å²) in [4.78, 5) is 28.3. The van der Waals surface area contributed by atoms with E-state index in [1.54, 1.807) is 30.3 Å². The van der Waals surface area contributed by atoms with Crippen molar-refractivity contribution in [3.05, 3.63) is 87.6 Å². The number of benzene rings is 2. The standard InChI is InChI=1S/C24H21NO4S/c1-3-29-18-12-11-16(14-15(18)2)22(26)20-21(19-10-7-13-30-19)25(24(28)23(20)27)17-8-5-4-6-9-17/h4-14,21,26H,3H2,1-2H3/b22-20-. The van der Waals surface area contributed by atoms with Gasteiger partial charge in [-0.15, -0.1) is 11.3 Å². The second-order valence-electron chi connectivity index (χ2n) is 6.93. The lowest BCUT2D eigenvalue weighted by molar-refractivity contribution is -0.132. The van der Waals surface area contributed by atoms with Gasteiger partial charge in [0.1, 0.15) is 17.6 Å². The van der Waals surface area contributed by atoms with Crippen molar-refractivity contribution in [3.63, 3.8) is 0 Å². The van der Waals surface area contributed by atoms with Gasteiger partial charge in [-0.1, -0.05) is 24.3 Å². The van der Waals surface area contributed by atoms with Gasteiger partial charge < -0.3 is 9.84 Å². The molecule has 1 aliphatic rings. The average Bonchev–Trinajstić information content (AvgIpc) is 3.37. The monoisotopic (exact) mass is 419 g/mol. The van der Waals surface area contributed by atoms with Crippen molar-refractivity contribution in [2.45, 2.75) is 19.9 Å². The third-order valence-electron chi connectivity index (χ3n) is 5.04. The number of ketones is 1. The molecule has 0 aliphatic carbocycles. The zero-order chi connectivity index (χ0) is 21.3. The number of rotatable bonds is 5. The number of aliphatic hydroxyl groups is 1. The van der Waals surface area contributed by atoms with E-state index in [2.05, 4.69) is 0 Å². The number of Topliss-reactive ketones (excluding diaryl/α,β-unsaturated/α-hetero) is 1. The third-order valence-corrected chi connectivity index (χ3v) is 5.96. The van der Waals surface area contributed by atoms with E-state index in [0.29, 0.717) is 23.6 Å². The molecule has 30 heavy (non-hydrogen) atoms. The van der Waals surface area contributed by atoms with Crippen LogP contribution in [0.5, 0.6) is 5.75 Å². The highest BCUT2D eigenvalue weighted by Gasteiger charge is 2.47. The van der Waals surface area contributed by atoms with Crippen molar-refractivity contribution >= 4 is 34.5 Å². The molecule has 0 bridgehead atoms. The van der Waals surface area contributed by atoms with Gasteiger partial charge in [0.2, 0.25) is 0 Å². The second kappa shape index (κ2) is 8.16. The number of thiophene rings is 1. The smallest absolute Gasteiger partial charge is 0.300 e. The largest absolute Gasteiger partial charge is 0.507 e. The zero-order valence-corrected chi connectivity index (χ0v) is 17.5. The van der Waals surface area contributed by atoms with E-state index in [4.69, 9.17) is 4.74 Å². The Bertz CT molecular complexity index is 1120. The minimum Gasteiger partial charge on any atom is -0.507 e. The number of para-hydroxylation sites is 1. The molecule has 0 radical (unpaired) electrons. The fourth-order valence-electron chi connectivity index (χ4n) is 3.67. The van der Waals surface area contributed by atoms with E-state index in [-0.39, 0.29) is 11.3 Å². The van der Waals surface area contributed by atoms with Crippen LogP contribution in [0.25, 0.3) is 5.76 Å². The maximum atomic E-state index is 13.0. The molecular weight excluding hydrogens is 398 g/mol. The zero-order valence-electron chi connectivity index (χ0n) is 16.7. The molecule has 4 rings (SSSR count). The van der Waals surface area contributed by atoms with Crippen molar-refractivity contribution < 1.29 is 19.4 Å². The Hall–Kier alpha value is -3.38. The fraction of sp³-hybridized carbons (Fsp3) is 0.167. The highest BCUT2D eigenvalue weighted by molar-refractivity contribution is 7.10. The number of ether oxygens (including phenoxy) is 1.